The van der Waals surface area contributed by atoms with Gasteiger partial charge in [-0.2, -0.15) is 13.2 Å². The number of pyridine rings is 1. The minimum Gasteiger partial charge on any atom is -0.309 e. The summed E-state index contributed by atoms with van der Waals surface area (Å²) in [5, 5.41) is 3.31. The smallest absolute Gasteiger partial charge is 0.309 e. The molecule has 2 heterocycles. The normalized spacial score (nSPS) is 22.2. The first-order chi connectivity index (χ1) is 8.07. The SMILES string of the molecule is FC(F)(F)c1ccc(C2CCCCCN2)nc1. The monoisotopic (exact) mass is 244 g/mol. The number of alkyl halides is 3. The van der Waals surface area contributed by atoms with Gasteiger partial charge in [0.15, 0.2) is 0 Å². The molecular weight excluding hydrogens is 229 g/mol. The van der Waals surface area contributed by atoms with Gasteiger partial charge in [0.2, 0.25) is 0 Å². The fraction of sp³-hybridized carbons (Fsp3) is 0.583. The highest BCUT2D eigenvalue weighted by Gasteiger charge is 2.31. The predicted octanol–water partition coefficient (Wildman–Crippen LogP) is 3.31. The molecule has 0 aliphatic carbocycles. The highest BCUT2D eigenvalue weighted by atomic mass is 19.4. The summed E-state index contributed by atoms with van der Waals surface area (Å²) in [6.07, 6.45) is 0.949. The van der Waals surface area contributed by atoms with Crippen molar-refractivity contribution in [3.63, 3.8) is 0 Å². The lowest BCUT2D eigenvalue weighted by Crippen LogP contribution is -2.21. The maximum atomic E-state index is 12.4. The summed E-state index contributed by atoms with van der Waals surface area (Å²) >= 11 is 0. The minimum absolute atomic E-state index is 0.0970. The van der Waals surface area contributed by atoms with E-state index in [1.807, 2.05) is 0 Å². The zero-order valence-corrected chi connectivity index (χ0v) is 9.43. The maximum Gasteiger partial charge on any atom is 0.417 e. The number of hydrogen-bond donors (Lipinski definition) is 1. The van der Waals surface area contributed by atoms with Crippen molar-refractivity contribution in [1.29, 1.82) is 0 Å². The molecular formula is C12H15F3N2. The Morgan fingerprint density at radius 3 is 2.65 bits per heavy atom. The van der Waals surface area contributed by atoms with Gasteiger partial charge in [-0.05, 0) is 31.5 Å². The van der Waals surface area contributed by atoms with Crippen molar-refractivity contribution in [2.24, 2.45) is 0 Å². The van der Waals surface area contributed by atoms with Crippen molar-refractivity contribution < 1.29 is 13.2 Å². The summed E-state index contributed by atoms with van der Waals surface area (Å²) in [7, 11) is 0. The Morgan fingerprint density at radius 1 is 1.18 bits per heavy atom. The molecule has 1 N–H and O–H groups in total. The van der Waals surface area contributed by atoms with Gasteiger partial charge in [0, 0.05) is 12.2 Å². The number of hydrogen-bond acceptors (Lipinski definition) is 2. The van der Waals surface area contributed by atoms with Crippen LogP contribution >= 0.6 is 0 Å². The second kappa shape index (κ2) is 5.04. The molecule has 2 rings (SSSR count). The van der Waals surface area contributed by atoms with Crippen LogP contribution in [0.2, 0.25) is 0 Å². The van der Waals surface area contributed by atoms with Crippen LogP contribution in [-0.4, -0.2) is 11.5 Å². The lowest BCUT2D eigenvalue weighted by atomic mass is 10.1. The summed E-state index contributed by atoms with van der Waals surface area (Å²) in [5.74, 6) is 0. The van der Waals surface area contributed by atoms with E-state index in [1.165, 1.54) is 12.5 Å². The molecule has 1 saturated heterocycles. The van der Waals surface area contributed by atoms with Crippen LogP contribution in [0.15, 0.2) is 18.3 Å². The standard InChI is InChI=1S/C12H15F3N2/c13-12(14,15)9-5-6-11(17-8-9)10-4-2-1-3-7-16-10/h5-6,8,10,16H,1-4,7H2. The van der Waals surface area contributed by atoms with Crippen LogP contribution in [0.25, 0.3) is 0 Å². The van der Waals surface area contributed by atoms with E-state index < -0.39 is 11.7 Å². The van der Waals surface area contributed by atoms with Crippen LogP contribution < -0.4 is 5.32 Å². The van der Waals surface area contributed by atoms with Crippen LogP contribution in [0.3, 0.4) is 0 Å². The molecule has 1 aromatic rings. The van der Waals surface area contributed by atoms with Gasteiger partial charge in [-0.3, -0.25) is 4.98 Å². The fourth-order valence-corrected chi connectivity index (χ4v) is 2.06. The van der Waals surface area contributed by atoms with Gasteiger partial charge in [-0.15, -0.1) is 0 Å². The van der Waals surface area contributed by atoms with Crippen molar-refractivity contribution in [3.8, 4) is 0 Å². The molecule has 0 radical (unpaired) electrons. The minimum atomic E-state index is -4.30. The lowest BCUT2D eigenvalue weighted by molar-refractivity contribution is -0.137. The Hall–Kier alpha value is -1.10. The number of aromatic nitrogens is 1. The van der Waals surface area contributed by atoms with Crippen molar-refractivity contribution in [2.75, 3.05) is 6.54 Å². The maximum absolute atomic E-state index is 12.4. The van der Waals surface area contributed by atoms with E-state index in [-0.39, 0.29) is 6.04 Å². The third kappa shape index (κ3) is 3.19. The van der Waals surface area contributed by atoms with Crippen LogP contribution in [0.1, 0.15) is 43.0 Å². The first-order valence-electron chi connectivity index (χ1n) is 5.84. The summed E-state index contributed by atoms with van der Waals surface area (Å²) in [4.78, 5) is 3.93. The first-order valence-corrected chi connectivity index (χ1v) is 5.84. The largest absolute Gasteiger partial charge is 0.417 e. The highest BCUT2D eigenvalue weighted by molar-refractivity contribution is 5.19. The van der Waals surface area contributed by atoms with Crippen molar-refractivity contribution in [2.45, 2.75) is 37.9 Å². The third-order valence-electron chi connectivity index (χ3n) is 3.03. The summed E-state index contributed by atoms with van der Waals surface area (Å²) in [6, 6.07) is 2.68. The molecule has 5 heteroatoms. The second-order valence-electron chi connectivity index (χ2n) is 4.33. The predicted molar refractivity (Wildman–Crippen MR) is 58.5 cm³/mol. The molecule has 0 spiro atoms. The lowest BCUT2D eigenvalue weighted by Gasteiger charge is -2.15. The Kier molecular flexibility index (Phi) is 3.66. The Balaban J connectivity index is 2.11. The van der Waals surface area contributed by atoms with Gasteiger partial charge in [-0.25, -0.2) is 0 Å². The topological polar surface area (TPSA) is 24.9 Å². The Bertz CT molecular complexity index is 351. The quantitative estimate of drug-likeness (QED) is 0.819. The Morgan fingerprint density at radius 2 is 2.00 bits per heavy atom. The van der Waals surface area contributed by atoms with Gasteiger partial charge in [0.25, 0.3) is 0 Å². The van der Waals surface area contributed by atoms with Gasteiger partial charge in [0.1, 0.15) is 0 Å². The van der Waals surface area contributed by atoms with Crippen molar-refractivity contribution in [3.05, 3.63) is 29.6 Å². The van der Waals surface area contributed by atoms with Crippen molar-refractivity contribution >= 4 is 0 Å². The van der Waals surface area contributed by atoms with Crippen LogP contribution in [0, 0.1) is 0 Å². The van der Waals surface area contributed by atoms with Gasteiger partial charge >= 0.3 is 6.18 Å². The van der Waals surface area contributed by atoms with E-state index in [9.17, 15) is 13.2 Å². The van der Waals surface area contributed by atoms with E-state index in [0.29, 0.717) is 5.69 Å². The molecule has 0 bridgehead atoms. The molecule has 1 aliphatic rings. The average Bonchev–Trinajstić information content (AvgIpc) is 2.56. The summed E-state index contributed by atoms with van der Waals surface area (Å²) in [5.41, 5.74) is 0.0229. The zero-order chi connectivity index (χ0) is 12.3. The fourth-order valence-electron chi connectivity index (χ4n) is 2.06. The summed E-state index contributed by atoms with van der Waals surface area (Å²) in [6.45, 7) is 0.910. The van der Waals surface area contributed by atoms with E-state index in [0.717, 1.165) is 38.1 Å². The first kappa shape index (κ1) is 12.4. The number of nitrogens with zero attached hydrogens (tertiary/aromatic N) is 1. The van der Waals surface area contributed by atoms with Gasteiger partial charge in [0.05, 0.1) is 11.3 Å². The van der Waals surface area contributed by atoms with Gasteiger partial charge in [-0.1, -0.05) is 12.8 Å². The van der Waals surface area contributed by atoms with Crippen LogP contribution in [0.4, 0.5) is 13.2 Å². The van der Waals surface area contributed by atoms with Crippen molar-refractivity contribution in [1.82, 2.24) is 10.3 Å². The molecule has 2 nitrogen and oxygen atoms in total. The molecule has 94 valence electrons. The molecule has 1 aromatic heterocycles. The number of halogens is 3. The molecule has 1 atom stereocenters. The molecule has 1 fully saturated rings. The van der Waals surface area contributed by atoms with E-state index in [1.54, 1.807) is 0 Å². The van der Waals surface area contributed by atoms with E-state index in [4.69, 9.17) is 0 Å². The molecule has 0 amide bonds. The van der Waals surface area contributed by atoms with Crippen LogP contribution in [0.5, 0.6) is 0 Å². The average molecular weight is 244 g/mol. The Labute approximate surface area is 98.2 Å². The number of nitrogens with one attached hydrogen (secondary N) is 1. The summed E-state index contributed by atoms with van der Waals surface area (Å²) < 4.78 is 37.1. The third-order valence-corrected chi connectivity index (χ3v) is 3.03. The molecule has 17 heavy (non-hydrogen) atoms. The van der Waals surface area contributed by atoms with E-state index in [2.05, 4.69) is 10.3 Å². The highest BCUT2D eigenvalue weighted by Crippen LogP contribution is 2.29. The second-order valence-corrected chi connectivity index (χ2v) is 4.33. The number of rotatable bonds is 1. The molecule has 1 aliphatic heterocycles. The zero-order valence-electron chi connectivity index (χ0n) is 9.43. The van der Waals surface area contributed by atoms with Gasteiger partial charge < -0.3 is 5.32 Å². The molecule has 0 aromatic carbocycles. The molecule has 1 unspecified atom stereocenters. The van der Waals surface area contributed by atoms with Crippen LogP contribution in [-0.2, 0) is 6.18 Å². The van der Waals surface area contributed by atoms with E-state index >= 15 is 0 Å². The molecule has 0 saturated carbocycles.